The quantitative estimate of drug-likeness (QED) is 0.773. The molecule has 0 unspecified atom stereocenters. The molecule has 0 amide bonds. The van der Waals surface area contributed by atoms with E-state index in [0.717, 1.165) is 18.9 Å². The predicted molar refractivity (Wildman–Crippen MR) is 54.4 cm³/mol. The Morgan fingerprint density at radius 3 is 3.14 bits per heavy atom. The second-order valence-corrected chi connectivity index (χ2v) is 3.55. The molecule has 1 aromatic rings. The van der Waals surface area contributed by atoms with Crippen LogP contribution < -0.4 is 10.1 Å². The summed E-state index contributed by atoms with van der Waals surface area (Å²) in [6.45, 7) is 0.769. The summed E-state index contributed by atoms with van der Waals surface area (Å²) < 4.78 is 5.51. The highest BCUT2D eigenvalue weighted by Gasteiger charge is 2.20. The van der Waals surface area contributed by atoms with Crippen LogP contribution in [0.1, 0.15) is 19.3 Å². The molecule has 4 heteroatoms. The fraction of sp³-hybridized carbons (Fsp3) is 0.600. The molecule has 0 bridgehead atoms. The second kappa shape index (κ2) is 4.26. The molecule has 0 aliphatic heterocycles. The van der Waals surface area contributed by atoms with Crippen molar-refractivity contribution in [1.82, 2.24) is 9.97 Å². The van der Waals surface area contributed by atoms with E-state index in [0.29, 0.717) is 11.8 Å². The van der Waals surface area contributed by atoms with Crippen LogP contribution in [-0.4, -0.2) is 23.6 Å². The maximum absolute atomic E-state index is 5.51. The van der Waals surface area contributed by atoms with Crippen LogP contribution >= 0.6 is 0 Å². The highest BCUT2D eigenvalue weighted by molar-refractivity contribution is 5.25. The Morgan fingerprint density at radius 1 is 1.57 bits per heavy atom. The lowest BCUT2D eigenvalue weighted by Crippen LogP contribution is -2.02. The van der Waals surface area contributed by atoms with Gasteiger partial charge in [-0.3, -0.25) is 0 Å². The topological polar surface area (TPSA) is 47.0 Å². The molecule has 0 radical (unpaired) electrons. The van der Waals surface area contributed by atoms with Gasteiger partial charge in [-0.05, 0) is 12.3 Å². The normalized spacial score (nSPS) is 15.2. The molecule has 1 aliphatic carbocycles. The molecule has 76 valence electrons. The first-order chi connectivity index (χ1) is 6.88. The fourth-order valence-corrected chi connectivity index (χ4v) is 1.28. The zero-order valence-electron chi connectivity index (χ0n) is 8.36. The standard InChI is InChI=1S/C10H15N3O/c1-11-10-12-6-4-9(13-10)14-7-5-8-2-3-8/h4,6,8H,2-3,5,7H2,1H3,(H,11,12,13). The van der Waals surface area contributed by atoms with E-state index in [4.69, 9.17) is 4.74 Å². The predicted octanol–water partition coefficient (Wildman–Crippen LogP) is 1.70. The first-order valence-corrected chi connectivity index (χ1v) is 5.02. The van der Waals surface area contributed by atoms with E-state index in [-0.39, 0.29) is 0 Å². The van der Waals surface area contributed by atoms with Crippen LogP contribution in [0.3, 0.4) is 0 Å². The van der Waals surface area contributed by atoms with Crippen molar-refractivity contribution in [3.05, 3.63) is 12.3 Å². The molecule has 1 saturated carbocycles. The largest absolute Gasteiger partial charge is 0.478 e. The first kappa shape index (κ1) is 9.24. The van der Waals surface area contributed by atoms with Crippen molar-refractivity contribution in [3.8, 4) is 5.88 Å². The van der Waals surface area contributed by atoms with Gasteiger partial charge >= 0.3 is 0 Å². The van der Waals surface area contributed by atoms with Gasteiger partial charge in [-0.25, -0.2) is 4.98 Å². The van der Waals surface area contributed by atoms with Crippen LogP contribution in [0.2, 0.25) is 0 Å². The van der Waals surface area contributed by atoms with Crippen LogP contribution in [0.15, 0.2) is 12.3 Å². The third-order valence-corrected chi connectivity index (χ3v) is 2.33. The van der Waals surface area contributed by atoms with E-state index in [1.165, 1.54) is 12.8 Å². The van der Waals surface area contributed by atoms with E-state index < -0.39 is 0 Å². The molecule has 1 aromatic heterocycles. The lowest BCUT2D eigenvalue weighted by Gasteiger charge is -2.05. The molecule has 0 spiro atoms. The summed E-state index contributed by atoms with van der Waals surface area (Å²) >= 11 is 0. The maximum atomic E-state index is 5.51. The average Bonchev–Trinajstić information content (AvgIpc) is 3.02. The Bertz CT molecular complexity index is 299. The highest BCUT2D eigenvalue weighted by atomic mass is 16.5. The van der Waals surface area contributed by atoms with Gasteiger partial charge in [0, 0.05) is 19.3 Å². The zero-order valence-corrected chi connectivity index (χ0v) is 8.36. The van der Waals surface area contributed by atoms with Crippen LogP contribution in [0.25, 0.3) is 0 Å². The molecule has 0 aromatic carbocycles. The van der Waals surface area contributed by atoms with Crippen LogP contribution in [-0.2, 0) is 0 Å². The van der Waals surface area contributed by atoms with Crippen molar-refractivity contribution in [3.63, 3.8) is 0 Å². The van der Waals surface area contributed by atoms with Gasteiger partial charge in [-0.15, -0.1) is 0 Å². The number of rotatable bonds is 5. The second-order valence-electron chi connectivity index (χ2n) is 3.55. The number of anilines is 1. The molecule has 1 aliphatic rings. The summed E-state index contributed by atoms with van der Waals surface area (Å²) in [6, 6.07) is 1.79. The zero-order chi connectivity index (χ0) is 9.80. The molecular weight excluding hydrogens is 178 g/mol. The highest BCUT2D eigenvalue weighted by Crippen LogP contribution is 2.32. The summed E-state index contributed by atoms with van der Waals surface area (Å²) in [5.74, 6) is 2.17. The summed E-state index contributed by atoms with van der Waals surface area (Å²) in [5.41, 5.74) is 0. The molecule has 14 heavy (non-hydrogen) atoms. The van der Waals surface area contributed by atoms with Gasteiger partial charge in [0.2, 0.25) is 11.8 Å². The Kier molecular flexibility index (Phi) is 2.81. The summed E-state index contributed by atoms with van der Waals surface area (Å²) in [7, 11) is 1.79. The molecule has 0 saturated heterocycles. The average molecular weight is 193 g/mol. The molecule has 1 fully saturated rings. The maximum Gasteiger partial charge on any atom is 0.225 e. The number of nitrogens with one attached hydrogen (secondary N) is 1. The van der Waals surface area contributed by atoms with Crippen LogP contribution in [0.4, 0.5) is 5.95 Å². The Morgan fingerprint density at radius 2 is 2.43 bits per heavy atom. The Hall–Kier alpha value is -1.32. The van der Waals surface area contributed by atoms with Crippen LogP contribution in [0.5, 0.6) is 5.88 Å². The first-order valence-electron chi connectivity index (χ1n) is 5.02. The fourth-order valence-electron chi connectivity index (χ4n) is 1.28. The van der Waals surface area contributed by atoms with E-state index in [2.05, 4.69) is 15.3 Å². The van der Waals surface area contributed by atoms with Gasteiger partial charge < -0.3 is 10.1 Å². The van der Waals surface area contributed by atoms with Gasteiger partial charge in [-0.2, -0.15) is 4.98 Å². The number of hydrogen-bond donors (Lipinski definition) is 1. The van der Waals surface area contributed by atoms with E-state index in [1.54, 1.807) is 19.3 Å². The summed E-state index contributed by atoms with van der Waals surface area (Å²) in [5, 5.41) is 2.88. The van der Waals surface area contributed by atoms with Gasteiger partial charge in [0.1, 0.15) is 0 Å². The minimum atomic E-state index is 0.605. The van der Waals surface area contributed by atoms with Crippen LogP contribution in [0, 0.1) is 5.92 Å². The van der Waals surface area contributed by atoms with Crippen molar-refractivity contribution in [2.45, 2.75) is 19.3 Å². The van der Waals surface area contributed by atoms with E-state index in [9.17, 15) is 0 Å². The summed E-state index contributed by atoms with van der Waals surface area (Å²) in [6.07, 6.45) is 5.59. The molecule has 1 N–H and O–H groups in total. The van der Waals surface area contributed by atoms with Crippen molar-refractivity contribution in [2.75, 3.05) is 19.0 Å². The van der Waals surface area contributed by atoms with Crippen molar-refractivity contribution >= 4 is 5.95 Å². The number of nitrogens with zero attached hydrogens (tertiary/aromatic N) is 2. The molecule has 2 rings (SSSR count). The van der Waals surface area contributed by atoms with Crippen molar-refractivity contribution in [1.29, 1.82) is 0 Å². The Balaban J connectivity index is 1.81. The monoisotopic (exact) mass is 193 g/mol. The van der Waals surface area contributed by atoms with Gasteiger partial charge in [-0.1, -0.05) is 12.8 Å². The molecule has 4 nitrogen and oxygen atoms in total. The lowest BCUT2D eigenvalue weighted by molar-refractivity contribution is 0.291. The summed E-state index contributed by atoms with van der Waals surface area (Å²) in [4.78, 5) is 8.18. The van der Waals surface area contributed by atoms with Gasteiger partial charge in [0.15, 0.2) is 0 Å². The van der Waals surface area contributed by atoms with E-state index in [1.807, 2.05) is 0 Å². The van der Waals surface area contributed by atoms with E-state index >= 15 is 0 Å². The smallest absolute Gasteiger partial charge is 0.225 e. The Labute approximate surface area is 83.7 Å². The lowest BCUT2D eigenvalue weighted by atomic mass is 10.3. The minimum Gasteiger partial charge on any atom is -0.478 e. The number of aromatic nitrogens is 2. The third kappa shape index (κ3) is 2.58. The molecular formula is C10H15N3O. The minimum absolute atomic E-state index is 0.605. The molecule has 1 heterocycles. The third-order valence-electron chi connectivity index (χ3n) is 2.33. The van der Waals surface area contributed by atoms with Crippen molar-refractivity contribution in [2.24, 2.45) is 5.92 Å². The SMILES string of the molecule is CNc1nccc(OCCC2CC2)n1. The number of ether oxygens (including phenoxy) is 1. The van der Waals surface area contributed by atoms with Gasteiger partial charge in [0.05, 0.1) is 6.61 Å². The van der Waals surface area contributed by atoms with Gasteiger partial charge in [0.25, 0.3) is 0 Å². The van der Waals surface area contributed by atoms with Crippen molar-refractivity contribution < 1.29 is 4.74 Å². The number of hydrogen-bond acceptors (Lipinski definition) is 4. The molecule has 0 atom stereocenters.